The van der Waals surface area contributed by atoms with Gasteiger partial charge >= 0.3 is 0 Å². The maximum absolute atomic E-state index is 15.5. The molecule has 3 aromatic heterocycles. The van der Waals surface area contributed by atoms with Gasteiger partial charge in [0, 0.05) is 36.5 Å². The van der Waals surface area contributed by atoms with Crippen molar-refractivity contribution < 1.29 is 13.9 Å². The van der Waals surface area contributed by atoms with Crippen LogP contribution in [0.25, 0.3) is 22.2 Å². The highest BCUT2D eigenvalue weighted by atomic mass is 19.1. The molecule has 4 aromatic rings. The number of aromatic amines is 1. The van der Waals surface area contributed by atoms with Crippen LogP contribution in [-0.2, 0) is 9.53 Å². The van der Waals surface area contributed by atoms with E-state index in [1.54, 1.807) is 24.3 Å². The Bertz CT molecular complexity index is 1700. The van der Waals surface area contributed by atoms with Crippen molar-refractivity contribution >= 4 is 39.7 Å². The zero-order chi connectivity index (χ0) is 29.4. The molecule has 2 aliphatic heterocycles. The number of amides is 1. The Labute approximate surface area is 248 Å². The number of H-pyrrole nitrogens is 1. The lowest BCUT2D eigenvalue weighted by molar-refractivity contribution is -0.158. The molecule has 0 unspecified atom stereocenters. The first kappa shape index (κ1) is 27.5. The van der Waals surface area contributed by atoms with Gasteiger partial charge in [0.25, 0.3) is 5.56 Å². The molecule has 9 nitrogen and oxygen atoms in total. The zero-order valence-electron chi connectivity index (χ0n) is 24.0. The highest BCUT2D eigenvalue weighted by Crippen LogP contribution is 2.38. The molecule has 222 valence electrons. The fourth-order valence-corrected chi connectivity index (χ4v) is 6.58. The van der Waals surface area contributed by atoms with Crippen LogP contribution in [0, 0.1) is 11.7 Å². The number of carbonyl (C=O) groups excluding carboxylic acids is 1. The average molecular weight is 583 g/mol. The van der Waals surface area contributed by atoms with Gasteiger partial charge in [-0.25, -0.2) is 14.4 Å². The number of fused-ring (bicyclic) bond motifs is 1. The molecule has 1 amide bonds. The summed E-state index contributed by atoms with van der Waals surface area (Å²) in [5.74, 6) is -0.0388. The van der Waals surface area contributed by atoms with E-state index in [2.05, 4.69) is 30.5 Å². The van der Waals surface area contributed by atoms with Gasteiger partial charge in [-0.05, 0) is 74.6 Å². The van der Waals surface area contributed by atoms with Crippen molar-refractivity contribution in [3.63, 3.8) is 0 Å². The van der Waals surface area contributed by atoms with Gasteiger partial charge in [-0.2, -0.15) is 0 Å². The third kappa shape index (κ3) is 5.59. The Morgan fingerprint density at radius 1 is 1.05 bits per heavy atom. The van der Waals surface area contributed by atoms with E-state index in [4.69, 9.17) is 4.74 Å². The molecular weight excluding hydrogens is 547 g/mol. The lowest BCUT2D eigenvalue weighted by atomic mass is 9.84. The van der Waals surface area contributed by atoms with Gasteiger partial charge in [0.15, 0.2) is 0 Å². The molecule has 0 radical (unpaired) electrons. The van der Waals surface area contributed by atoms with Crippen LogP contribution in [0.4, 0.5) is 27.3 Å². The number of aromatic nitrogens is 3. The van der Waals surface area contributed by atoms with Crippen LogP contribution in [0.15, 0.2) is 59.7 Å². The fraction of sp³-hybridized carbons (Fsp3) is 0.394. The van der Waals surface area contributed by atoms with Crippen LogP contribution in [-0.4, -0.2) is 46.2 Å². The highest BCUT2D eigenvalue weighted by Gasteiger charge is 2.41. The molecule has 1 aliphatic carbocycles. The molecule has 3 aliphatic rings. The van der Waals surface area contributed by atoms with Crippen molar-refractivity contribution in [2.24, 2.45) is 5.92 Å². The number of benzene rings is 1. The van der Waals surface area contributed by atoms with E-state index in [-0.39, 0.29) is 28.5 Å². The zero-order valence-corrected chi connectivity index (χ0v) is 24.0. The molecule has 5 heterocycles. The third-order valence-corrected chi connectivity index (χ3v) is 9.24. The van der Waals surface area contributed by atoms with Crippen LogP contribution in [0.5, 0.6) is 0 Å². The number of piperidine rings is 1. The first-order valence-electron chi connectivity index (χ1n) is 15.2. The number of halogens is 1. The van der Waals surface area contributed by atoms with E-state index < -0.39 is 5.82 Å². The van der Waals surface area contributed by atoms with Crippen LogP contribution in [0.3, 0.4) is 0 Å². The van der Waals surface area contributed by atoms with Gasteiger partial charge < -0.3 is 25.3 Å². The predicted molar refractivity (Wildman–Crippen MR) is 165 cm³/mol. The van der Waals surface area contributed by atoms with E-state index in [0.29, 0.717) is 33.8 Å². The quantitative estimate of drug-likeness (QED) is 0.250. The normalized spacial score (nSPS) is 18.4. The summed E-state index contributed by atoms with van der Waals surface area (Å²) in [6, 6.07) is 11.9. The highest BCUT2D eigenvalue weighted by molar-refractivity contribution is 5.95. The van der Waals surface area contributed by atoms with E-state index >= 15 is 4.39 Å². The van der Waals surface area contributed by atoms with Crippen molar-refractivity contribution in [1.29, 1.82) is 0 Å². The number of hydrogen-bond acceptors (Lipinski definition) is 7. The summed E-state index contributed by atoms with van der Waals surface area (Å²) in [7, 11) is 0. The predicted octanol–water partition coefficient (Wildman–Crippen LogP) is 6.15. The van der Waals surface area contributed by atoms with Gasteiger partial charge in [-0.3, -0.25) is 9.59 Å². The summed E-state index contributed by atoms with van der Waals surface area (Å²) in [5.41, 5.74) is 2.76. The Kier molecular flexibility index (Phi) is 7.30. The summed E-state index contributed by atoms with van der Waals surface area (Å²) >= 11 is 0. The molecule has 2 saturated heterocycles. The number of nitrogens with zero attached hydrogens (tertiary/aromatic N) is 3. The average Bonchev–Trinajstić information content (AvgIpc) is 3.01. The molecule has 1 aromatic carbocycles. The second kappa shape index (κ2) is 11.4. The number of pyridine rings is 3. The number of rotatable bonds is 6. The topological polar surface area (TPSA) is 112 Å². The molecule has 0 bridgehead atoms. The molecule has 0 atom stereocenters. The van der Waals surface area contributed by atoms with Crippen molar-refractivity contribution in [2.45, 2.75) is 57.0 Å². The molecule has 7 rings (SSSR count). The first-order valence-corrected chi connectivity index (χ1v) is 15.2. The Morgan fingerprint density at radius 2 is 1.86 bits per heavy atom. The van der Waals surface area contributed by atoms with Crippen LogP contribution >= 0.6 is 0 Å². The second-order valence-electron chi connectivity index (χ2n) is 11.9. The minimum Gasteiger partial charge on any atom is -0.375 e. The Hall–Kier alpha value is -4.31. The van der Waals surface area contributed by atoms with E-state index in [1.807, 2.05) is 18.3 Å². The van der Waals surface area contributed by atoms with E-state index in [1.165, 1.54) is 12.3 Å². The van der Waals surface area contributed by atoms with Gasteiger partial charge in [-0.15, -0.1) is 0 Å². The molecule has 3 fully saturated rings. The van der Waals surface area contributed by atoms with Gasteiger partial charge in [0.1, 0.15) is 11.6 Å². The number of ether oxygens (including phenoxy) is 1. The third-order valence-electron chi connectivity index (χ3n) is 9.24. The van der Waals surface area contributed by atoms with Crippen LogP contribution < -0.4 is 21.1 Å². The first-order chi connectivity index (χ1) is 21.0. The summed E-state index contributed by atoms with van der Waals surface area (Å²) in [4.78, 5) is 39.8. The van der Waals surface area contributed by atoms with Crippen molar-refractivity contribution in [1.82, 2.24) is 15.0 Å². The van der Waals surface area contributed by atoms with E-state index in [0.717, 1.165) is 76.8 Å². The fourth-order valence-electron chi connectivity index (χ4n) is 6.58. The number of nitrogens with one attached hydrogen (secondary N) is 3. The molecular formula is C33H35FN6O3. The maximum Gasteiger partial charge on any atom is 0.259 e. The van der Waals surface area contributed by atoms with Crippen LogP contribution in [0.2, 0.25) is 0 Å². The second-order valence-corrected chi connectivity index (χ2v) is 11.9. The number of carbonyl (C=O) groups is 1. The Morgan fingerprint density at radius 3 is 2.56 bits per heavy atom. The van der Waals surface area contributed by atoms with Crippen molar-refractivity contribution in [2.75, 3.05) is 35.2 Å². The lowest BCUT2D eigenvalue weighted by Crippen LogP contribution is -2.52. The van der Waals surface area contributed by atoms with Crippen molar-refractivity contribution in [3.8, 4) is 11.3 Å². The standard InChI is InChI=1S/C33H35FN6O3/c34-25-18-22(37-31(41)21-4-2-1-3-5-21)6-8-24(25)27-19-28(30-26(38-27)10-14-35-32(30)42)39-29-9-7-23(20-36-29)40-15-11-33(12-16-40)13-17-43-33/h6-10,14,18-21H,1-5,11-13,15-17H2,(H,35,42)(H,37,41)(H,36,38,39). The van der Waals surface area contributed by atoms with Gasteiger partial charge in [-0.1, -0.05) is 19.3 Å². The van der Waals surface area contributed by atoms with Crippen molar-refractivity contribution in [3.05, 3.63) is 71.0 Å². The summed E-state index contributed by atoms with van der Waals surface area (Å²) < 4.78 is 21.3. The maximum atomic E-state index is 15.5. The SMILES string of the molecule is O=C(Nc1ccc(-c2cc(Nc3ccc(N4CCC5(CCO5)CC4)cn3)c3c(=O)[nH]ccc3n2)c(F)c1)C1CCCCC1. The smallest absolute Gasteiger partial charge is 0.259 e. The summed E-state index contributed by atoms with van der Waals surface area (Å²) in [6.45, 7) is 2.72. The minimum absolute atomic E-state index is 0.0260. The van der Waals surface area contributed by atoms with Gasteiger partial charge in [0.2, 0.25) is 5.91 Å². The molecule has 10 heteroatoms. The minimum atomic E-state index is -0.512. The number of hydrogen-bond donors (Lipinski definition) is 3. The van der Waals surface area contributed by atoms with Gasteiger partial charge in [0.05, 0.1) is 46.4 Å². The monoisotopic (exact) mass is 582 g/mol. The van der Waals surface area contributed by atoms with E-state index in [9.17, 15) is 9.59 Å². The molecule has 1 spiro atoms. The molecule has 1 saturated carbocycles. The molecule has 43 heavy (non-hydrogen) atoms. The molecule has 3 N–H and O–H groups in total. The lowest BCUT2D eigenvalue weighted by Gasteiger charge is -2.48. The summed E-state index contributed by atoms with van der Waals surface area (Å²) in [5, 5.41) is 6.50. The van der Waals surface area contributed by atoms with Crippen LogP contribution in [0.1, 0.15) is 51.4 Å². The Balaban J connectivity index is 1.13. The summed E-state index contributed by atoms with van der Waals surface area (Å²) in [6.07, 6.45) is 11.5. The number of anilines is 4. The largest absolute Gasteiger partial charge is 0.375 e.